The summed E-state index contributed by atoms with van der Waals surface area (Å²) in [6.07, 6.45) is 5.90. The molecule has 35 heavy (non-hydrogen) atoms. The summed E-state index contributed by atoms with van der Waals surface area (Å²) >= 11 is 5.97. The molecule has 1 saturated carbocycles. The van der Waals surface area contributed by atoms with Gasteiger partial charge in [-0.1, -0.05) is 16.8 Å². The Balaban J connectivity index is 1.00. The maximum absolute atomic E-state index is 13.7. The summed E-state index contributed by atoms with van der Waals surface area (Å²) in [4.78, 5) is 17.0. The number of halogens is 2. The topological polar surface area (TPSA) is 80.1 Å². The minimum Gasteiger partial charge on any atom is -0.376 e. The number of hydrogen-bond acceptors (Lipinski definition) is 7. The molecular weight excluding hydrogens is 475 g/mol. The number of ether oxygens (including phenoxy) is 2. The number of aromatic nitrogens is 1. The highest BCUT2D eigenvalue weighted by molar-refractivity contribution is 6.31. The van der Waals surface area contributed by atoms with Gasteiger partial charge in [-0.15, -0.1) is 0 Å². The van der Waals surface area contributed by atoms with Crippen LogP contribution in [0.2, 0.25) is 5.02 Å². The van der Waals surface area contributed by atoms with Gasteiger partial charge in [0.05, 0.1) is 42.8 Å². The molecule has 1 aliphatic carbocycles. The van der Waals surface area contributed by atoms with Crippen LogP contribution in [0.4, 0.5) is 10.2 Å². The first-order valence-electron chi connectivity index (χ1n) is 12.8. The van der Waals surface area contributed by atoms with Crippen LogP contribution in [0.15, 0.2) is 16.7 Å². The fourth-order valence-corrected chi connectivity index (χ4v) is 5.60. The third-order valence-corrected chi connectivity index (χ3v) is 7.82. The number of carbonyl (C=O) groups excluding carboxylic acids is 1. The summed E-state index contributed by atoms with van der Waals surface area (Å²) in [5.74, 6) is 1.04. The van der Waals surface area contributed by atoms with Gasteiger partial charge >= 0.3 is 0 Å². The molecule has 192 valence electrons. The number of piperazine rings is 1. The van der Waals surface area contributed by atoms with Crippen molar-refractivity contribution >= 4 is 34.3 Å². The standard InChI is InChI=1S/C25H34ClFN4O4/c26-21-14-20-23(15-22(21)27)35-29-25(20)31-9-7-30(8-10-31)6-5-17-1-3-18(4-2-17)28-24(32)13-19-16-33-11-12-34-19/h14-15,17-19H,1-13,16H2,(H,28,32)/t17-,18-,19?. The molecule has 0 bridgehead atoms. The maximum Gasteiger partial charge on any atom is 0.222 e. The van der Waals surface area contributed by atoms with Gasteiger partial charge in [0.1, 0.15) is 5.82 Å². The first-order valence-corrected chi connectivity index (χ1v) is 13.1. The minimum absolute atomic E-state index is 0.0779. The van der Waals surface area contributed by atoms with Gasteiger partial charge in [0.25, 0.3) is 0 Å². The zero-order valence-electron chi connectivity index (χ0n) is 20.0. The molecule has 2 saturated heterocycles. The third kappa shape index (κ3) is 6.25. The van der Waals surface area contributed by atoms with E-state index in [9.17, 15) is 9.18 Å². The number of hydrogen-bond donors (Lipinski definition) is 1. The first kappa shape index (κ1) is 24.7. The van der Waals surface area contributed by atoms with E-state index in [1.165, 1.54) is 12.5 Å². The van der Waals surface area contributed by atoms with E-state index >= 15 is 0 Å². The van der Waals surface area contributed by atoms with Crippen molar-refractivity contribution in [3.8, 4) is 0 Å². The lowest BCUT2D eigenvalue weighted by Gasteiger charge is -2.36. The van der Waals surface area contributed by atoms with E-state index < -0.39 is 5.82 Å². The van der Waals surface area contributed by atoms with Crippen molar-refractivity contribution in [3.63, 3.8) is 0 Å². The zero-order valence-corrected chi connectivity index (χ0v) is 20.8. The van der Waals surface area contributed by atoms with Crippen LogP contribution in [0.3, 0.4) is 0 Å². The molecule has 1 aromatic carbocycles. The summed E-state index contributed by atoms with van der Waals surface area (Å²) in [6, 6.07) is 3.18. The quantitative estimate of drug-likeness (QED) is 0.612. The van der Waals surface area contributed by atoms with Gasteiger partial charge in [0.2, 0.25) is 5.91 Å². The van der Waals surface area contributed by atoms with Crippen LogP contribution >= 0.6 is 11.6 Å². The van der Waals surface area contributed by atoms with E-state index in [0.717, 1.165) is 69.6 Å². The lowest BCUT2D eigenvalue weighted by atomic mass is 9.84. The highest BCUT2D eigenvalue weighted by atomic mass is 35.5. The number of anilines is 1. The molecule has 2 aliphatic heterocycles. The van der Waals surface area contributed by atoms with Crippen molar-refractivity contribution in [2.45, 2.75) is 50.7 Å². The van der Waals surface area contributed by atoms with Crippen molar-refractivity contribution in [3.05, 3.63) is 23.0 Å². The van der Waals surface area contributed by atoms with Gasteiger partial charge in [0, 0.05) is 38.3 Å². The number of nitrogens with one attached hydrogen (secondary N) is 1. The average Bonchev–Trinajstić information content (AvgIpc) is 3.27. The second-order valence-corrected chi connectivity index (χ2v) is 10.4. The Morgan fingerprint density at radius 2 is 1.94 bits per heavy atom. The smallest absolute Gasteiger partial charge is 0.222 e. The summed E-state index contributed by atoms with van der Waals surface area (Å²) < 4.78 is 30.0. The fourth-order valence-electron chi connectivity index (χ4n) is 5.44. The van der Waals surface area contributed by atoms with Crippen LogP contribution in [0, 0.1) is 11.7 Å². The van der Waals surface area contributed by atoms with Gasteiger partial charge in [-0.05, 0) is 50.6 Å². The van der Waals surface area contributed by atoms with Crippen LogP contribution < -0.4 is 10.2 Å². The predicted molar refractivity (Wildman–Crippen MR) is 131 cm³/mol. The third-order valence-electron chi connectivity index (χ3n) is 7.53. The molecule has 0 radical (unpaired) electrons. The summed E-state index contributed by atoms with van der Waals surface area (Å²) in [6.45, 7) is 6.42. The summed E-state index contributed by atoms with van der Waals surface area (Å²) in [5, 5.41) is 8.21. The molecule has 1 aromatic heterocycles. The van der Waals surface area contributed by atoms with E-state index in [1.54, 1.807) is 6.07 Å². The van der Waals surface area contributed by atoms with E-state index in [2.05, 4.69) is 20.3 Å². The first-order chi connectivity index (χ1) is 17.0. The maximum atomic E-state index is 13.7. The molecule has 1 amide bonds. The number of rotatable bonds is 7. The molecule has 8 nitrogen and oxygen atoms in total. The van der Waals surface area contributed by atoms with Gasteiger partial charge in [-0.3, -0.25) is 9.69 Å². The SMILES string of the molecule is O=C(CC1COCCO1)N[C@H]1CC[C@H](CCN2CCN(c3noc4cc(F)c(Cl)cc34)CC2)CC1. The van der Waals surface area contributed by atoms with Crippen molar-refractivity contribution in [1.29, 1.82) is 0 Å². The van der Waals surface area contributed by atoms with Crippen LogP contribution in [-0.2, 0) is 14.3 Å². The summed E-state index contributed by atoms with van der Waals surface area (Å²) in [5.41, 5.74) is 0.424. The Morgan fingerprint density at radius 3 is 2.69 bits per heavy atom. The van der Waals surface area contributed by atoms with Gasteiger partial charge in [-0.25, -0.2) is 4.39 Å². The molecule has 1 atom stereocenters. The molecule has 1 N–H and O–H groups in total. The van der Waals surface area contributed by atoms with Crippen LogP contribution in [0.25, 0.3) is 11.0 Å². The second kappa shape index (κ2) is 11.4. The molecule has 1 unspecified atom stereocenters. The largest absolute Gasteiger partial charge is 0.376 e. The Kier molecular flexibility index (Phi) is 8.07. The molecular formula is C25H34ClFN4O4. The van der Waals surface area contributed by atoms with E-state index in [4.69, 9.17) is 25.6 Å². The lowest BCUT2D eigenvalue weighted by molar-refractivity contribution is -0.132. The predicted octanol–water partition coefficient (Wildman–Crippen LogP) is 3.61. The molecule has 2 aromatic rings. The Bertz CT molecular complexity index is 999. The van der Waals surface area contributed by atoms with Gasteiger partial charge < -0.3 is 24.2 Å². The van der Waals surface area contributed by atoms with Gasteiger partial charge in [-0.2, -0.15) is 0 Å². The number of amides is 1. The van der Waals surface area contributed by atoms with E-state index in [1.807, 2.05) is 0 Å². The number of fused-ring (bicyclic) bond motifs is 1. The van der Waals surface area contributed by atoms with Crippen LogP contribution in [0.5, 0.6) is 0 Å². The lowest BCUT2D eigenvalue weighted by Crippen LogP contribution is -2.47. The van der Waals surface area contributed by atoms with E-state index in [-0.39, 0.29) is 23.1 Å². The van der Waals surface area contributed by atoms with Crippen molar-refractivity contribution in [1.82, 2.24) is 15.4 Å². The van der Waals surface area contributed by atoms with Crippen molar-refractivity contribution in [2.75, 3.05) is 57.4 Å². The number of carbonyl (C=O) groups is 1. The molecule has 3 fully saturated rings. The molecule has 10 heteroatoms. The highest BCUT2D eigenvalue weighted by Gasteiger charge is 2.26. The number of nitrogens with zero attached hydrogens (tertiary/aromatic N) is 3. The van der Waals surface area contributed by atoms with E-state index in [0.29, 0.717) is 37.7 Å². The van der Waals surface area contributed by atoms with Crippen molar-refractivity contribution < 1.29 is 23.2 Å². The fraction of sp³-hybridized carbons (Fsp3) is 0.680. The van der Waals surface area contributed by atoms with Crippen LogP contribution in [0.1, 0.15) is 38.5 Å². The summed E-state index contributed by atoms with van der Waals surface area (Å²) in [7, 11) is 0. The second-order valence-electron chi connectivity index (χ2n) is 9.94. The minimum atomic E-state index is -0.493. The number of benzene rings is 1. The van der Waals surface area contributed by atoms with Crippen molar-refractivity contribution in [2.24, 2.45) is 5.92 Å². The zero-order chi connectivity index (χ0) is 24.2. The molecule has 3 heterocycles. The molecule has 3 aliphatic rings. The monoisotopic (exact) mass is 508 g/mol. The normalized spacial score (nSPS) is 26.2. The Labute approximate surface area is 210 Å². The highest BCUT2D eigenvalue weighted by Crippen LogP contribution is 2.31. The average molecular weight is 509 g/mol. The van der Waals surface area contributed by atoms with Gasteiger partial charge in [0.15, 0.2) is 11.4 Å². The Hall–Kier alpha value is -1.94. The Morgan fingerprint density at radius 1 is 1.14 bits per heavy atom. The van der Waals surface area contributed by atoms with Crippen LogP contribution in [-0.4, -0.2) is 80.7 Å². The molecule has 5 rings (SSSR count). The molecule has 0 spiro atoms.